The highest BCUT2D eigenvalue weighted by Crippen LogP contribution is 2.21. The van der Waals surface area contributed by atoms with Gasteiger partial charge >= 0.3 is 6.03 Å². The lowest BCUT2D eigenvalue weighted by atomic mass is 10.2. The van der Waals surface area contributed by atoms with Crippen molar-refractivity contribution >= 4 is 29.2 Å². The molecular weight excluding hydrogens is 354 g/mol. The molecule has 136 valence electrons. The first-order chi connectivity index (χ1) is 12.5. The molecule has 0 bridgehead atoms. The smallest absolute Gasteiger partial charge is 0.319 e. The van der Waals surface area contributed by atoms with Crippen LogP contribution in [0.25, 0.3) is 0 Å². The quantitative estimate of drug-likeness (QED) is 0.845. The third-order valence-corrected chi connectivity index (χ3v) is 4.59. The molecule has 26 heavy (non-hydrogen) atoms. The monoisotopic (exact) mass is 373 g/mol. The molecule has 1 aliphatic heterocycles. The summed E-state index contributed by atoms with van der Waals surface area (Å²) in [4.78, 5) is 26.1. The van der Waals surface area contributed by atoms with Gasteiger partial charge in [0.15, 0.2) is 0 Å². The lowest BCUT2D eigenvalue weighted by Crippen LogP contribution is -2.39. The van der Waals surface area contributed by atoms with Crippen LogP contribution in [0.3, 0.4) is 0 Å². The van der Waals surface area contributed by atoms with E-state index in [0.29, 0.717) is 29.5 Å². The number of benzene rings is 2. The van der Waals surface area contributed by atoms with Crippen molar-refractivity contribution in [3.63, 3.8) is 0 Å². The van der Waals surface area contributed by atoms with Gasteiger partial charge in [0.1, 0.15) is 5.75 Å². The van der Waals surface area contributed by atoms with Crippen LogP contribution in [-0.4, -0.2) is 36.5 Å². The second-order valence-electron chi connectivity index (χ2n) is 6.09. The number of nitrogens with one attached hydrogen (secondary N) is 2. The maximum Gasteiger partial charge on any atom is 0.319 e. The Morgan fingerprint density at radius 3 is 2.65 bits per heavy atom. The number of carbonyl (C=O) groups excluding carboxylic acids is 2. The predicted octanol–water partition coefficient (Wildman–Crippen LogP) is 3.27. The van der Waals surface area contributed by atoms with Gasteiger partial charge in [0.05, 0.1) is 13.2 Å². The van der Waals surface area contributed by atoms with Gasteiger partial charge in [-0.25, -0.2) is 4.79 Å². The minimum atomic E-state index is -0.340. The summed E-state index contributed by atoms with van der Waals surface area (Å²) in [6, 6.07) is 13.9. The van der Waals surface area contributed by atoms with Crippen molar-refractivity contribution in [2.45, 2.75) is 19.0 Å². The van der Waals surface area contributed by atoms with Crippen LogP contribution >= 0.6 is 11.6 Å². The molecule has 3 amide bonds. The molecule has 2 aromatic carbocycles. The van der Waals surface area contributed by atoms with Crippen molar-refractivity contribution in [3.8, 4) is 5.75 Å². The van der Waals surface area contributed by atoms with E-state index in [2.05, 4.69) is 10.6 Å². The van der Waals surface area contributed by atoms with Gasteiger partial charge < -0.3 is 20.3 Å². The minimum Gasteiger partial charge on any atom is -0.497 e. The Hall–Kier alpha value is -2.73. The lowest BCUT2D eigenvalue weighted by molar-refractivity contribution is -0.128. The molecule has 2 N–H and O–H groups in total. The van der Waals surface area contributed by atoms with Crippen LogP contribution in [-0.2, 0) is 11.3 Å². The first-order valence-electron chi connectivity index (χ1n) is 8.28. The zero-order valence-corrected chi connectivity index (χ0v) is 15.1. The van der Waals surface area contributed by atoms with Gasteiger partial charge in [0, 0.05) is 30.2 Å². The normalized spacial score (nSPS) is 16.5. The number of carbonyl (C=O) groups is 2. The number of ether oxygens (including phenoxy) is 1. The van der Waals surface area contributed by atoms with E-state index in [4.69, 9.17) is 16.3 Å². The first kappa shape index (κ1) is 18.1. The fraction of sp³-hybridized carbons (Fsp3) is 0.263. The summed E-state index contributed by atoms with van der Waals surface area (Å²) in [5.41, 5.74) is 1.55. The number of urea groups is 1. The molecule has 1 heterocycles. The average Bonchev–Trinajstić information content (AvgIpc) is 2.96. The van der Waals surface area contributed by atoms with Gasteiger partial charge in [0.2, 0.25) is 5.91 Å². The number of methoxy groups -OCH3 is 1. The highest BCUT2D eigenvalue weighted by molar-refractivity contribution is 6.31. The van der Waals surface area contributed by atoms with Crippen LogP contribution in [0.1, 0.15) is 12.0 Å². The fourth-order valence-corrected chi connectivity index (χ4v) is 3.08. The molecule has 1 fully saturated rings. The number of hydrogen-bond donors (Lipinski definition) is 2. The van der Waals surface area contributed by atoms with Crippen LogP contribution in [0.4, 0.5) is 10.5 Å². The first-order valence-corrected chi connectivity index (χ1v) is 8.65. The SMILES string of the molecule is COc1ccc(NC(=O)NC2CC(=O)N(Cc3ccccc3Cl)C2)cc1. The second kappa shape index (κ2) is 8.10. The molecule has 1 aliphatic rings. The third-order valence-electron chi connectivity index (χ3n) is 4.22. The van der Waals surface area contributed by atoms with Crippen molar-refractivity contribution in [1.29, 1.82) is 0 Å². The van der Waals surface area contributed by atoms with E-state index < -0.39 is 0 Å². The Labute approximate surface area is 157 Å². The standard InChI is InChI=1S/C19H20ClN3O3/c1-26-16-8-6-14(7-9-16)21-19(25)22-15-10-18(24)23(12-15)11-13-4-2-3-5-17(13)20/h2-9,15H,10-12H2,1H3,(H2,21,22,25). The Balaban J connectivity index is 1.53. The van der Waals surface area contributed by atoms with Crippen LogP contribution in [0.2, 0.25) is 5.02 Å². The molecule has 1 saturated heterocycles. The maximum absolute atomic E-state index is 12.2. The Kier molecular flexibility index (Phi) is 5.63. The van der Waals surface area contributed by atoms with Crippen molar-refractivity contribution in [3.05, 3.63) is 59.1 Å². The van der Waals surface area contributed by atoms with Crippen LogP contribution in [0.5, 0.6) is 5.75 Å². The zero-order valence-electron chi connectivity index (χ0n) is 14.4. The summed E-state index contributed by atoms with van der Waals surface area (Å²) in [7, 11) is 1.58. The molecule has 0 saturated carbocycles. The van der Waals surface area contributed by atoms with Crippen molar-refractivity contribution < 1.29 is 14.3 Å². The highest BCUT2D eigenvalue weighted by Gasteiger charge is 2.30. The Bertz CT molecular complexity index is 795. The summed E-state index contributed by atoms with van der Waals surface area (Å²) in [6.07, 6.45) is 0.278. The number of likely N-dealkylation sites (tertiary alicyclic amines) is 1. The van der Waals surface area contributed by atoms with Gasteiger partial charge in [-0.15, -0.1) is 0 Å². The number of halogens is 1. The van der Waals surface area contributed by atoms with Crippen LogP contribution < -0.4 is 15.4 Å². The summed E-state index contributed by atoms with van der Waals surface area (Å²) < 4.78 is 5.08. The van der Waals surface area contributed by atoms with E-state index in [1.807, 2.05) is 18.2 Å². The average molecular weight is 374 g/mol. The largest absolute Gasteiger partial charge is 0.497 e. The molecule has 0 aliphatic carbocycles. The van der Waals surface area contributed by atoms with Crippen molar-refractivity contribution in [1.82, 2.24) is 10.2 Å². The minimum absolute atomic E-state index is 0.000308. The lowest BCUT2D eigenvalue weighted by Gasteiger charge is -2.18. The van der Waals surface area contributed by atoms with Crippen LogP contribution in [0, 0.1) is 0 Å². The molecular formula is C19H20ClN3O3. The van der Waals surface area contributed by atoms with Gasteiger partial charge in [-0.1, -0.05) is 29.8 Å². The van der Waals surface area contributed by atoms with Crippen molar-refractivity contribution in [2.24, 2.45) is 0 Å². The van der Waals surface area contributed by atoms with Gasteiger partial charge in [0.25, 0.3) is 0 Å². The number of hydrogen-bond acceptors (Lipinski definition) is 3. The maximum atomic E-state index is 12.2. The molecule has 0 aromatic heterocycles. The summed E-state index contributed by atoms with van der Waals surface area (Å²) in [6.45, 7) is 0.900. The number of anilines is 1. The molecule has 7 heteroatoms. The second-order valence-corrected chi connectivity index (χ2v) is 6.50. The van der Waals surface area contributed by atoms with E-state index in [9.17, 15) is 9.59 Å². The van der Waals surface area contributed by atoms with E-state index in [0.717, 1.165) is 5.56 Å². The number of amides is 3. The summed E-state index contributed by atoms with van der Waals surface area (Å²) >= 11 is 6.16. The third kappa shape index (κ3) is 4.46. The van der Waals surface area contributed by atoms with Crippen molar-refractivity contribution in [2.75, 3.05) is 19.0 Å². The molecule has 1 unspecified atom stereocenters. The summed E-state index contributed by atoms with van der Waals surface area (Å²) in [5.74, 6) is 0.715. The van der Waals surface area contributed by atoms with Gasteiger partial charge in [-0.3, -0.25) is 4.79 Å². The molecule has 3 rings (SSSR count). The van der Waals surface area contributed by atoms with E-state index >= 15 is 0 Å². The molecule has 1 atom stereocenters. The van der Waals surface area contributed by atoms with Gasteiger partial charge in [-0.05, 0) is 35.9 Å². The topological polar surface area (TPSA) is 70.7 Å². The van der Waals surface area contributed by atoms with Crippen LogP contribution in [0.15, 0.2) is 48.5 Å². The Morgan fingerprint density at radius 2 is 1.96 bits per heavy atom. The number of rotatable bonds is 5. The fourth-order valence-electron chi connectivity index (χ4n) is 2.88. The van der Waals surface area contributed by atoms with Gasteiger partial charge in [-0.2, -0.15) is 0 Å². The summed E-state index contributed by atoms with van der Waals surface area (Å²) in [5, 5.41) is 6.23. The zero-order chi connectivity index (χ0) is 18.5. The molecule has 6 nitrogen and oxygen atoms in total. The Morgan fingerprint density at radius 1 is 1.23 bits per heavy atom. The number of nitrogens with zero attached hydrogens (tertiary/aromatic N) is 1. The molecule has 0 spiro atoms. The predicted molar refractivity (Wildman–Crippen MR) is 100 cm³/mol. The molecule has 0 radical (unpaired) electrons. The highest BCUT2D eigenvalue weighted by atomic mass is 35.5. The van der Waals surface area contributed by atoms with E-state index in [1.54, 1.807) is 42.3 Å². The molecule has 2 aromatic rings. The van der Waals surface area contributed by atoms with E-state index in [1.165, 1.54) is 0 Å². The van der Waals surface area contributed by atoms with E-state index in [-0.39, 0.29) is 24.4 Å².